The molecule has 0 spiro atoms. The minimum absolute atomic E-state index is 0.00670. The molecule has 0 radical (unpaired) electrons. The van der Waals surface area contributed by atoms with Crippen molar-refractivity contribution >= 4 is 11.7 Å². The summed E-state index contributed by atoms with van der Waals surface area (Å²) in [7, 11) is 1.85. The van der Waals surface area contributed by atoms with E-state index in [0.717, 1.165) is 5.69 Å². The number of amides is 2. The fourth-order valence-corrected chi connectivity index (χ4v) is 2.74. The van der Waals surface area contributed by atoms with Crippen molar-refractivity contribution in [1.82, 2.24) is 14.7 Å². The van der Waals surface area contributed by atoms with Gasteiger partial charge in [-0.25, -0.2) is 9.18 Å². The molecule has 8 heteroatoms. The number of aromatic nitrogens is 2. The Labute approximate surface area is 145 Å². The number of alkyl halides is 1. The summed E-state index contributed by atoms with van der Waals surface area (Å²) >= 11 is 0. The van der Waals surface area contributed by atoms with Crippen LogP contribution in [0.25, 0.3) is 0 Å². The number of carbonyl (C=O) groups is 1. The lowest BCUT2D eigenvalue weighted by Gasteiger charge is -2.33. The molecule has 3 rings (SSSR count). The summed E-state index contributed by atoms with van der Waals surface area (Å²) < 4.78 is 24.9. The third-order valence-corrected chi connectivity index (χ3v) is 3.97. The maximum atomic E-state index is 12.5. The third-order valence-electron chi connectivity index (χ3n) is 3.97. The Bertz CT molecular complexity index is 721. The van der Waals surface area contributed by atoms with Crippen LogP contribution in [0.4, 0.5) is 14.9 Å². The van der Waals surface area contributed by atoms with Gasteiger partial charge in [-0.1, -0.05) is 6.07 Å². The van der Waals surface area contributed by atoms with Gasteiger partial charge in [-0.3, -0.25) is 4.68 Å². The molecule has 0 bridgehead atoms. The van der Waals surface area contributed by atoms with Crippen LogP contribution in [0.3, 0.4) is 0 Å². The predicted octanol–water partition coefficient (Wildman–Crippen LogP) is 2.37. The summed E-state index contributed by atoms with van der Waals surface area (Å²) in [6, 6.07) is 8.58. The monoisotopic (exact) mass is 348 g/mol. The average Bonchev–Trinajstić information content (AvgIpc) is 3.06. The molecule has 134 valence electrons. The fourth-order valence-electron chi connectivity index (χ4n) is 2.74. The molecule has 1 aromatic carbocycles. The maximum Gasteiger partial charge on any atom is 0.322 e. The van der Waals surface area contributed by atoms with Gasteiger partial charge >= 0.3 is 6.03 Å². The predicted molar refractivity (Wildman–Crippen MR) is 90.4 cm³/mol. The number of anilines is 1. The molecular weight excluding hydrogens is 327 g/mol. The van der Waals surface area contributed by atoms with Crippen molar-refractivity contribution in [2.75, 3.05) is 38.3 Å². The Morgan fingerprint density at radius 2 is 2.36 bits per heavy atom. The van der Waals surface area contributed by atoms with Crippen LogP contribution in [0.1, 0.15) is 11.8 Å². The molecule has 1 aliphatic rings. The zero-order chi connectivity index (χ0) is 17.6. The molecule has 1 unspecified atom stereocenters. The largest absolute Gasteiger partial charge is 0.491 e. The van der Waals surface area contributed by atoms with Crippen molar-refractivity contribution in [3.05, 3.63) is 42.2 Å². The lowest BCUT2D eigenvalue weighted by molar-refractivity contribution is -0.0175. The Kier molecular flexibility index (Phi) is 5.49. The quantitative estimate of drug-likeness (QED) is 0.901. The van der Waals surface area contributed by atoms with Gasteiger partial charge in [-0.05, 0) is 18.2 Å². The number of carbonyl (C=O) groups excluding carboxylic acids is 1. The van der Waals surface area contributed by atoms with Crippen LogP contribution < -0.4 is 10.1 Å². The van der Waals surface area contributed by atoms with Gasteiger partial charge in [0.2, 0.25) is 0 Å². The summed E-state index contributed by atoms with van der Waals surface area (Å²) in [5, 5.41) is 6.98. The van der Waals surface area contributed by atoms with Crippen molar-refractivity contribution in [1.29, 1.82) is 0 Å². The molecule has 0 aliphatic carbocycles. The molecule has 7 nitrogen and oxygen atoms in total. The van der Waals surface area contributed by atoms with Crippen molar-refractivity contribution in [2.45, 2.75) is 6.10 Å². The maximum absolute atomic E-state index is 12.5. The molecule has 1 atom stereocenters. The number of nitrogens with one attached hydrogen (secondary N) is 1. The summed E-state index contributed by atoms with van der Waals surface area (Å²) in [6.07, 6.45) is 1.51. The van der Waals surface area contributed by atoms with Gasteiger partial charge < -0.3 is 19.7 Å². The van der Waals surface area contributed by atoms with E-state index >= 15 is 0 Å². The second-order valence-corrected chi connectivity index (χ2v) is 5.68. The van der Waals surface area contributed by atoms with Crippen LogP contribution >= 0.6 is 0 Å². The average molecular weight is 348 g/mol. The molecule has 1 fully saturated rings. The van der Waals surface area contributed by atoms with E-state index in [2.05, 4.69) is 10.4 Å². The second kappa shape index (κ2) is 7.98. The standard InChI is InChI=1S/C17H21FN4O3/c1-21-15(5-7-19-21)16-12-22(8-10-25-16)17(23)20-13-3-2-4-14(11-13)24-9-6-18/h2-5,7,11,16H,6,8-10,12H2,1H3,(H,20,23). The molecule has 25 heavy (non-hydrogen) atoms. The number of nitrogens with zero attached hydrogens (tertiary/aromatic N) is 3. The minimum Gasteiger partial charge on any atom is -0.491 e. The SMILES string of the molecule is Cn1nccc1C1CN(C(=O)Nc2cccc(OCCF)c2)CCO1. The number of ether oxygens (including phenoxy) is 2. The first-order chi connectivity index (χ1) is 12.2. The van der Waals surface area contributed by atoms with E-state index in [4.69, 9.17) is 9.47 Å². The molecule has 2 aromatic rings. The second-order valence-electron chi connectivity index (χ2n) is 5.68. The summed E-state index contributed by atoms with van der Waals surface area (Å²) in [5.74, 6) is 0.519. The van der Waals surface area contributed by atoms with E-state index in [1.165, 1.54) is 0 Å². The summed E-state index contributed by atoms with van der Waals surface area (Å²) in [5.41, 5.74) is 1.53. The molecule has 1 saturated heterocycles. The lowest BCUT2D eigenvalue weighted by Crippen LogP contribution is -2.44. The third kappa shape index (κ3) is 4.27. The van der Waals surface area contributed by atoms with Crippen molar-refractivity contribution in [3.8, 4) is 5.75 Å². The van der Waals surface area contributed by atoms with E-state index in [1.54, 1.807) is 40.0 Å². The molecule has 1 N–H and O–H groups in total. The molecule has 2 amide bonds. The Morgan fingerprint density at radius 1 is 1.48 bits per heavy atom. The minimum atomic E-state index is -0.556. The summed E-state index contributed by atoms with van der Waals surface area (Å²) in [6.45, 7) is 0.859. The van der Waals surface area contributed by atoms with Gasteiger partial charge in [0, 0.05) is 31.5 Å². The number of halogens is 1. The van der Waals surface area contributed by atoms with Crippen LogP contribution in [0.2, 0.25) is 0 Å². The highest BCUT2D eigenvalue weighted by molar-refractivity contribution is 5.89. The highest BCUT2D eigenvalue weighted by Gasteiger charge is 2.27. The first-order valence-electron chi connectivity index (χ1n) is 8.11. The van der Waals surface area contributed by atoms with Crippen molar-refractivity contribution in [2.24, 2.45) is 7.05 Å². The molecule has 1 aliphatic heterocycles. The van der Waals surface area contributed by atoms with E-state index in [-0.39, 0.29) is 18.7 Å². The Hall–Kier alpha value is -2.61. The van der Waals surface area contributed by atoms with Gasteiger partial charge in [0.15, 0.2) is 0 Å². The first-order valence-corrected chi connectivity index (χ1v) is 8.11. The number of aryl methyl sites for hydroxylation is 1. The first kappa shape index (κ1) is 17.2. The molecular formula is C17H21FN4O3. The highest BCUT2D eigenvalue weighted by Crippen LogP contribution is 2.23. The van der Waals surface area contributed by atoms with Gasteiger partial charge in [0.1, 0.15) is 25.1 Å². The van der Waals surface area contributed by atoms with Gasteiger partial charge in [-0.2, -0.15) is 5.10 Å². The molecule has 0 saturated carbocycles. The smallest absolute Gasteiger partial charge is 0.322 e. The fraction of sp³-hybridized carbons (Fsp3) is 0.412. The van der Waals surface area contributed by atoms with Crippen LogP contribution in [-0.2, 0) is 11.8 Å². The van der Waals surface area contributed by atoms with Crippen LogP contribution in [-0.4, -0.2) is 53.7 Å². The van der Waals surface area contributed by atoms with E-state index < -0.39 is 6.67 Å². The highest BCUT2D eigenvalue weighted by atomic mass is 19.1. The van der Waals surface area contributed by atoms with Crippen LogP contribution in [0.15, 0.2) is 36.5 Å². The van der Waals surface area contributed by atoms with E-state index in [9.17, 15) is 9.18 Å². The van der Waals surface area contributed by atoms with Gasteiger partial charge in [0.25, 0.3) is 0 Å². The van der Waals surface area contributed by atoms with Gasteiger partial charge in [-0.15, -0.1) is 0 Å². The number of benzene rings is 1. The van der Waals surface area contributed by atoms with E-state index in [0.29, 0.717) is 31.1 Å². The van der Waals surface area contributed by atoms with Crippen molar-refractivity contribution in [3.63, 3.8) is 0 Å². The number of urea groups is 1. The van der Waals surface area contributed by atoms with Crippen LogP contribution in [0, 0.1) is 0 Å². The zero-order valence-corrected chi connectivity index (χ0v) is 14.0. The number of morpholine rings is 1. The van der Waals surface area contributed by atoms with Gasteiger partial charge in [0.05, 0.1) is 18.8 Å². The lowest BCUT2D eigenvalue weighted by atomic mass is 10.2. The Morgan fingerprint density at radius 3 is 3.12 bits per heavy atom. The normalized spacial score (nSPS) is 17.4. The molecule has 1 aromatic heterocycles. The summed E-state index contributed by atoms with van der Waals surface area (Å²) in [4.78, 5) is 14.2. The topological polar surface area (TPSA) is 68.6 Å². The number of hydrogen-bond acceptors (Lipinski definition) is 4. The number of rotatable bonds is 5. The van der Waals surface area contributed by atoms with Crippen LogP contribution in [0.5, 0.6) is 5.75 Å². The van der Waals surface area contributed by atoms with E-state index in [1.807, 2.05) is 13.1 Å². The Balaban J connectivity index is 1.62. The molecule has 2 heterocycles. The zero-order valence-electron chi connectivity index (χ0n) is 14.0. The number of hydrogen-bond donors (Lipinski definition) is 1. The van der Waals surface area contributed by atoms with Crippen molar-refractivity contribution < 1.29 is 18.7 Å².